The van der Waals surface area contributed by atoms with Crippen LogP contribution in [0.15, 0.2) is 12.1 Å². The van der Waals surface area contributed by atoms with E-state index < -0.39 is 0 Å². The van der Waals surface area contributed by atoms with Gasteiger partial charge in [0.15, 0.2) is 0 Å². The fourth-order valence-corrected chi connectivity index (χ4v) is 2.23. The maximum absolute atomic E-state index is 8.72. The van der Waals surface area contributed by atoms with E-state index in [0.29, 0.717) is 11.4 Å². The number of halogens is 1. The summed E-state index contributed by atoms with van der Waals surface area (Å²) in [7, 11) is 0. The summed E-state index contributed by atoms with van der Waals surface area (Å²) in [4.78, 5) is 0. The van der Waals surface area contributed by atoms with Crippen molar-refractivity contribution in [3.8, 4) is 11.8 Å². The number of hydrogen-bond donors (Lipinski definition) is 0. The highest BCUT2D eigenvalue weighted by molar-refractivity contribution is 6.30. The van der Waals surface area contributed by atoms with Crippen molar-refractivity contribution in [3.63, 3.8) is 0 Å². The van der Waals surface area contributed by atoms with Crippen molar-refractivity contribution in [2.45, 2.75) is 32.3 Å². The molecule has 0 atom stereocenters. The van der Waals surface area contributed by atoms with Crippen LogP contribution in [0.4, 0.5) is 0 Å². The fourth-order valence-electron chi connectivity index (χ4n) is 1.96. The number of rotatable bonds is 1. The van der Waals surface area contributed by atoms with Crippen LogP contribution in [-0.2, 0) is 12.8 Å². The first kappa shape index (κ1) is 10.3. The molecule has 1 aliphatic rings. The molecule has 3 heteroatoms. The van der Waals surface area contributed by atoms with Gasteiger partial charge in [-0.1, -0.05) is 11.6 Å². The summed E-state index contributed by atoms with van der Waals surface area (Å²) in [6, 6.07) is 5.86. The maximum Gasteiger partial charge on any atom is 0.127 e. The van der Waals surface area contributed by atoms with E-state index in [1.165, 1.54) is 0 Å². The van der Waals surface area contributed by atoms with Crippen molar-refractivity contribution < 1.29 is 4.74 Å². The number of ether oxygens (including phenoxy) is 1. The number of fused-ring (bicyclic) bond motifs is 1. The number of benzene rings is 1. The van der Waals surface area contributed by atoms with Gasteiger partial charge in [0.2, 0.25) is 0 Å². The average Bonchev–Trinajstić information content (AvgIpc) is 2.40. The Kier molecular flexibility index (Phi) is 2.36. The van der Waals surface area contributed by atoms with Crippen molar-refractivity contribution in [1.82, 2.24) is 0 Å². The van der Waals surface area contributed by atoms with Gasteiger partial charge in [-0.15, -0.1) is 0 Å². The topological polar surface area (TPSA) is 33.0 Å². The lowest BCUT2D eigenvalue weighted by Gasteiger charge is -2.17. The Labute approximate surface area is 94.4 Å². The van der Waals surface area contributed by atoms with Gasteiger partial charge in [0, 0.05) is 17.0 Å². The molecule has 0 aromatic heterocycles. The standard InChI is InChI=1S/C12H12ClNO/c1-12(2)7-9-6-10(13)5-8(3-4-14)11(9)15-12/h5-6H,3,7H2,1-2H3. The Morgan fingerprint density at radius 3 is 2.93 bits per heavy atom. The van der Waals surface area contributed by atoms with Crippen molar-refractivity contribution >= 4 is 11.6 Å². The molecule has 0 N–H and O–H groups in total. The van der Waals surface area contributed by atoms with Gasteiger partial charge in [0.25, 0.3) is 0 Å². The summed E-state index contributed by atoms with van der Waals surface area (Å²) in [5.74, 6) is 0.853. The molecule has 78 valence electrons. The summed E-state index contributed by atoms with van der Waals surface area (Å²) >= 11 is 5.99. The van der Waals surface area contributed by atoms with E-state index in [4.69, 9.17) is 21.6 Å². The molecule has 0 saturated heterocycles. The Morgan fingerprint density at radius 1 is 1.53 bits per heavy atom. The van der Waals surface area contributed by atoms with E-state index in [9.17, 15) is 0 Å². The van der Waals surface area contributed by atoms with E-state index in [-0.39, 0.29) is 5.60 Å². The Bertz CT molecular complexity index is 446. The molecule has 0 fully saturated rings. The first-order valence-corrected chi connectivity index (χ1v) is 5.27. The van der Waals surface area contributed by atoms with Crippen LogP contribution in [0, 0.1) is 11.3 Å². The van der Waals surface area contributed by atoms with Crippen LogP contribution in [0.2, 0.25) is 5.02 Å². The highest BCUT2D eigenvalue weighted by Crippen LogP contribution is 2.39. The second kappa shape index (κ2) is 3.43. The van der Waals surface area contributed by atoms with Crippen LogP contribution in [0.1, 0.15) is 25.0 Å². The first-order chi connectivity index (χ1) is 7.02. The minimum atomic E-state index is -0.183. The molecule has 0 radical (unpaired) electrons. The van der Waals surface area contributed by atoms with E-state index in [0.717, 1.165) is 23.3 Å². The van der Waals surface area contributed by atoms with Crippen LogP contribution in [0.5, 0.6) is 5.75 Å². The summed E-state index contributed by atoms with van der Waals surface area (Å²) in [5.41, 5.74) is 1.82. The zero-order valence-corrected chi connectivity index (χ0v) is 9.56. The first-order valence-electron chi connectivity index (χ1n) is 4.89. The number of hydrogen-bond acceptors (Lipinski definition) is 2. The molecular weight excluding hydrogens is 210 g/mol. The average molecular weight is 222 g/mol. The molecule has 2 rings (SSSR count). The Balaban J connectivity index is 2.49. The normalized spacial score (nSPS) is 16.7. The molecule has 1 aliphatic heterocycles. The lowest BCUT2D eigenvalue weighted by atomic mass is 10.00. The SMILES string of the molecule is CC1(C)Cc2cc(Cl)cc(CC#N)c2O1. The van der Waals surface area contributed by atoms with Gasteiger partial charge in [-0.3, -0.25) is 0 Å². The van der Waals surface area contributed by atoms with Gasteiger partial charge in [0.05, 0.1) is 12.5 Å². The van der Waals surface area contributed by atoms with Crippen molar-refractivity contribution in [2.75, 3.05) is 0 Å². The maximum atomic E-state index is 8.72. The monoisotopic (exact) mass is 221 g/mol. The third-order valence-electron chi connectivity index (χ3n) is 2.47. The third kappa shape index (κ3) is 1.93. The van der Waals surface area contributed by atoms with E-state index in [2.05, 4.69) is 6.07 Å². The molecule has 15 heavy (non-hydrogen) atoms. The molecule has 0 spiro atoms. The van der Waals surface area contributed by atoms with Crippen molar-refractivity contribution in [2.24, 2.45) is 0 Å². The van der Waals surface area contributed by atoms with Crippen LogP contribution in [0.25, 0.3) is 0 Å². The van der Waals surface area contributed by atoms with Crippen LogP contribution in [-0.4, -0.2) is 5.60 Å². The molecule has 0 bridgehead atoms. The quantitative estimate of drug-likeness (QED) is 0.730. The summed E-state index contributed by atoms with van der Waals surface area (Å²) in [5, 5.41) is 9.40. The van der Waals surface area contributed by atoms with E-state index in [1.807, 2.05) is 26.0 Å². The van der Waals surface area contributed by atoms with Gasteiger partial charge in [-0.2, -0.15) is 5.26 Å². The van der Waals surface area contributed by atoms with Gasteiger partial charge in [-0.25, -0.2) is 0 Å². The predicted molar refractivity (Wildman–Crippen MR) is 59.2 cm³/mol. The molecule has 0 saturated carbocycles. The third-order valence-corrected chi connectivity index (χ3v) is 2.69. The molecule has 0 unspecified atom stereocenters. The van der Waals surface area contributed by atoms with Gasteiger partial charge >= 0.3 is 0 Å². The van der Waals surface area contributed by atoms with E-state index >= 15 is 0 Å². The highest BCUT2D eigenvalue weighted by Gasteiger charge is 2.31. The molecule has 2 nitrogen and oxygen atoms in total. The predicted octanol–water partition coefficient (Wildman–Crippen LogP) is 3.12. The minimum absolute atomic E-state index is 0.183. The molecule has 0 amide bonds. The highest BCUT2D eigenvalue weighted by atomic mass is 35.5. The smallest absolute Gasteiger partial charge is 0.127 e. The Morgan fingerprint density at radius 2 is 2.27 bits per heavy atom. The summed E-state index contributed by atoms with van der Waals surface area (Å²) in [6.45, 7) is 4.08. The minimum Gasteiger partial charge on any atom is -0.487 e. The molecular formula is C12H12ClNO. The van der Waals surface area contributed by atoms with E-state index in [1.54, 1.807) is 0 Å². The number of nitriles is 1. The molecule has 1 aromatic carbocycles. The van der Waals surface area contributed by atoms with Gasteiger partial charge < -0.3 is 4.74 Å². The van der Waals surface area contributed by atoms with Gasteiger partial charge in [-0.05, 0) is 31.5 Å². The largest absolute Gasteiger partial charge is 0.487 e. The van der Waals surface area contributed by atoms with Crippen LogP contribution >= 0.6 is 11.6 Å². The number of nitrogens with zero attached hydrogens (tertiary/aromatic N) is 1. The van der Waals surface area contributed by atoms with Crippen molar-refractivity contribution in [3.05, 3.63) is 28.3 Å². The molecule has 1 heterocycles. The summed E-state index contributed by atoms with van der Waals surface area (Å²) in [6.07, 6.45) is 1.19. The zero-order chi connectivity index (χ0) is 11.1. The van der Waals surface area contributed by atoms with Crippen molar-refractivity contribution in [1.29, 1.82) is 5.26 Å². The zero-order valence-electron chi connectivity index (χ0n) is 8.80. The lowest BCUT2D eigenvalue weighted by molar-refractivity contribution is 0.137. The van der Waals surface area contributed by atoms with Crippen LogP contribution in [0.3, 0.4) is 0 Å². The summed E-state index contributed by atoms with van der Waals surface area (Å²) < 4.78 is 5.82. The second-order valence-electron chi connectivity index (χ2n) is 4.43. The molecule has 0 aliphatic carbocycles. The second-order valence-corrected chi connectivity index (χ2v) is 4.86. The van der Waals surface area contributed by atoms with Crippen LogP contribution < -0.4 is 4.74 Å². The fraction of sp³-hybridized carbons (Fsp3) is 0.417. The lowest BCUT2D eigenvalue weighted by Crippen LogP contribution is -2.24. The van der Waals surface area contributed by atoms with Gasteiger partial charge in [0.1, 0.15) is 11.4 Å². The Hall–Kier alpha value is -1.20. The molecule has 1 aromatic rings.